The minimum absolute atomic E-state index is 0.00853. The number of amides is 1. The number of Topliss-reactive ketones (excluding diaryl/α,β-unsaturated/α-hetero) is 1. The van der Waals surface area contributed by atoms with Gasteiger partial charge in [-0.1, -0.05) is 35.9 Å². The zero-order chi connectivity index (χ0) is 31.2. The predicted molar refractivity (Wildman–Crippen MR) is 157 cm³/mol. The summed E-state index contributed by atoms with van der Waals surface area (Å²) in [6.45, 7) is 0.870. The van der Waals surface area contributed by atoms with E-state index in [-0.39, 0.29) is 40.6 Å². The van der Waals surface area contributed by atoms with Crippen molar-refractivity contribution in [1.29, 1.82) is 0 Å². The minimum atomic E-state index is -1.08. The van der Waals surface area contributed by atoms with Crippen molar-refractivity contribution >= 4 is 35.3 Å². The van der Waals surface area contributed by atoms with Crippen molar-refractivity contribution in [3.05, 3.63) is 106 Å². The van der Waals surface area contributed by atoms with Gasteiger partial charge in [-0.3, -0.25) is 9.59 Å². The lowest BCUT2D eigenvalue weighted by atomic mass is 9.87. The van der Waals surface area contributed by atoms with Gasteiger partial charge in [-0.05, 0) is 64.4 Å². The fraction of sp³-hybridized carbons (Fsp3) is 0.226. The number of benzene rings is 3. The van der Waals surface area contributed by atoms with E-state index in [0.717, 1.165) is 5.56 Å². The smallest absolute Gasteiger partial charge is 0.335 e. The summed E-state index contributed by atoms with van der Waals surface area (Å²) < 4.78 is 27.4. The van der Waals surface area contributed by atoms with Crippen LogP contribution in [0.2, 0.25) is 5.02 Å². The van der Waals surface area contributed by atoms with Gasteiger partial charge in [0.1, 0.15) is 24.7 Å². The first-order chi connectivity index (χ1) is 21.3. The molecule has 1 aromatic heterocycles. The molecule has 4 aromatic rings. The molecule has 0 fully saturated rings. The van der Waals surface area contributed by atoms with Crippen LogP contribution in [0.15, 0.2) is 67.0 Å². The van der Waals surface area contributed by atoms with E-state index in [1.54, 1.807) is 37.4 Å². The standard InChI is InChI=1S/C31H27ClFN5O6/c1-43-15-16-44-27-4-2-3-22-21(27)13-14-37(30(22)26(39)17-19-5-7-20(8-6-19)31(41)42)28(40)12-9-23-25(38-18-34-35-36-38)11-10-24(32)29(23)33/h2-12,18,30H,13-17H2,1H3,(H,41,42)/b12-9+. The maximum atomic E-state index is 15.1. The van der Waals surface area contributed by atoms with E-state index < -0.39 is 23.7 Å². The van der Waals surface area contributed by atoms with Gasteiger partial charge in [-0.25, -0.2) is 9.18 Å². The molecule has 1 aliphatic rings. The zero-order valence-corrected chi connectivity index (χ0v) is 24.3. The van der Waals surface area contributed by atoms with Crippen LogP contribution in [0.3, 0.4) is 0 Å². The summed E-state index contributed by atoms with van der Waals surface area (Å²) in [6.07, 6.45) is 4.11. The summed E-state index contributed by atoms with van der Waals surface area (Å²) >= 11 is 6.03. The van der Waals surface area contributed by atoms with E-state index in [1.807, 2.05) is 0 Å². The van der Waals surface area contributed by atoms with E-state index in [4.69, 9.17) is 21.1 Å². The lowest BCUT2D eigenvalue weighted by Gasteiger charge is -2.36. The third kappa shape index (κ3) is 6.51. The summed E-state index contributed by atoms with van der Waals surface area (Å²) in [5.41, 5.74) is 2.36. The molecule has 1 atom stereocenters. The molecule has 2 heterocycles. The van der Waals surface area contributed by atoms with E-state index >= 15 is 4.39 Å². The van der Waals surface area contributed by atoms with Crippen LogP contribution >= 0.6 is 11.6 Å². The van der Waals surface area contributed by atoms with Crippen molar-refractivity contribution in [3.8, 4) is 11.4 Å². The maximum Gasteiger partial charge on any atom is 0.335 e. The van der Waals surface area contributed by atoms with Crippen molar-refractivity contribution in [2.75, 3.05) is 26.9 Å². The Morgan fingerprint density at radius 2 is 1.91 bits per heavy atom. The van der Waals surface area contributed by atoms with Crippen LogP contribution in [-0.4, -0.2) is 74.7 Å². The van der Waals surface area contributed by atoms with Gasteiger partial charge in [-0.15, -0.1) is 5.10 Å². The topological polar surface area (TPSA) is 137 Å². The lowest BCUT2D eigenvalue weighted by Crippen LogP contribution is -2.43. The molecule has 1 unspecified atom stereocenters. The maximum absolute atomic E-state index is 15.1. The predicted octanol–water partition coefficient (Wildman–Crippen LogP) is 4.13. The number of fused-ring (bicyclic) bond motifs is 1. The highest BCUT2D eigenvalue weighted by molar-refractivity contribution is 6.31. The number of carboxylic acids is 1. The molecule has 0 spiro atoms. The Balaban J connectivity index is 1.49. The van der Waals surface area contributed by atoms with E-state index in [0.29, 0.717) is 36.5 Å². The van der Waals surface area contributed by atoms with Crippen molar-refractivity contribution in [3.63, 3.8) is 0 Å². The molecule has 226 valence electrons. The Morgan fingerprint density at radius 1 is 1.11 bits per heavy atom. The van der Waals surface area contributed by atoms with Crippen LogP contribution < -0.4 is 4.74 Å². The van der Waals surface area contributed by atoms with Crippen LogP contribution in [0.5, 0.6) is 5.75 Å². The number of carbonyl (C=O) groups excluding carboxylic acids is 2. The van der Waals surface area contributed by atoms with Crippen LogP contribution in [0, 0.1) is 5.82 Å². The first kappa shape index (κ1) is 30.5. The third-order valence-corrected chi connectivity index (χ3v) is 7.48. The quantitative estimate of drug-likeness (QED) is 0.194. The Bertz CT molecular complexity index is 1710. The van der Waals surface area contributed by atoms with Crippen LogP contribution in [0.1, 0.15) is 38.7 Å². The molecule has 44 heavy (non-hydrogen) atoms. The van der Waals surface area contributed by atoms with Gasteiger partial charge in [0.15, 0.2) is 11.6 Å². The molecule has 13 heteroatoms. The number of aromatic carboxylic acids is 1. The number of hydrogen-bond acceptors (Lipinski definition) is 8. The average molecular weight is 620 g/mol. The van der Waals surface area contributed by atoms with E-state index in [2.05, 4.69) is 15.5 Å². The molecule has 0 radical (unpaired) electrons. The largest absolute Gasteiger partial charge is 0.491 e. The number of carbonyl (C=O) groups is 3. The van der Waals surface area contributed by atoms with Gasteiger partial charge >= 0.3 is 5.97 Å². The summed E-state index contributed by atoms with van der Waals surface area (Å²) in [7, 11) is 1.57. The van der Waals surface area contributed by atoms with E-state index in [9.17, 15) is 19.5 Å². The third-order valence-electron chi connectivity index (χ3n) is 7.19. The number of carboxylic acid groups (broad SMARTS) is 1. The van der Waals surface area contributed by atoms with Crippen molar-refractivity contribution in [1.82, 2.24) is 25.1 Å². The molecule has 0 aliphatic carbocycles. The number of halogens is 2. The van der Waals surface area contributed by atoms with Crippen molar-refractivity contribution in [2.45, 2.75) is 18.9 Å². The summed E-state index contributed by atoms with van der Waals surface area (Å²) in [5, 5.41) is 20.0. The number of tetrazole rings is 1. The molecular weight excluding hydrogens is 593 g/mol. The second-order valence-corrected chi connectivity index (χ2v) is 10.3. The second kappa shape index (κ2) is 13.6. The molecule has 11 nitrogen and oxygen atoms in total. The molecular formula is C31H27ClFN5O6. The van der Waals surface area contributed by atoms with Gasteiger partial charge in [0.25, 0.3) is 0 Å². The first-order valence-electron chi connectivity index (χ1n) is 13.6. The number of rotatable bonds is 11. The highest BCUT2D eigenvalue weighted by atomic mass is 35.5. The number of nitrogens with zero attached hydrogens (tertiary/aromatic N) is 5. The molecule has 1 N–H and O–H groups in total. The number of ether oxygens (including phenoxy) is 2. The minimum Gasteiger partial charge on any atom is -0.491 e. The number of methoxy groups -OCH3 is 1. The SMILES string of the molecule is COCCOc1cccc2c1CCN(C(=O)/C=C/c1c(-n3cnnn3)ccc(Cl)c1F)C2C(=O)Cc1ccc(C(=O)O)cc1. The first-order valence-corrected chi connectivity index (χ1v) is 13.9. The zero-order valence-electron chi connectivity index (χ0n) is 23.5. The average Bonchev–Trinajstić information content (AvgIpc) is 3.56. The fourth-order valence-corrected chi connectivity index (χ4v) is 5.25. The summed E-state index contributed by atoms with van der Waals surface area (Å²) in [6, 6.07) is 13.2. The van der Waals surface area contributed by atoms with Crippen LogP contribution in [0.25, 0.3) is 11.8 Å². The fourth-order valence-electron chi connectivity index (χ4n) is 5.09. The second-order valence-electron chi connectivity index (χ2n) is 9.88. The van der Waals surface area contributed by atoms with Gasteiger partial charge < -0.3 is 19.5 Å². The molecule has 5 rings (SSSR count). The van der Waals surface area contributed by atoms with Crippen molar-refractivity contribution < 1.29 is 33.4 Å². The summed E-state index contributed by atoms with van der Waals surface area (Å²) in [4.78, 5) is 40.4. The molecule has 1 aliphatic heterocycles. The van der Waals surface area contributed by atoms with Crippen LogP contribution in [-0.2, 0) is 27.2 Å². The number of aromatic nitrogens is 4. The van der Waals surface area contributed by atoms with Crippen LogP contribution in [0.4, 0.5) is 4.39 Å². The molecule has 3 aromatic carbocycles. The Morgan fingerprint density at radius 3 is 2.61 bits per heavy atom. The number of ketones is 1. The van der Waals surface area contributed by atoms with Gasteiger partial charge in [-0.2, -0.15) is 4.68 Å². The molecule has 0 bridgehead atoms. The monoisotopic (exact) mass is 619 g/mol. The summed E-state index contributed by atoms with van der Waals surface area (Å²) in [5.74, 6) is -2.05. The molecule has 1 amide bonds. The van der Waals surface area contributed by atoms with Gasteiger partial charge in [0.05, 0.1) is 22.9 Å². The normalized spacial score (nSPS) is 14.4. The Hall–Kier alpha value is -4.94. The highest BCUT2D eigenvalue weighted by Crippen LogP contribution is 2.37. The lowest BCUT2D eigenvalue weighted by molar-refractivity contribution is -0.136. The Kier molecular flexibility index (Phi) is 9.41. The highest BCUT2D eigenvalue weighted by Gasteiger charge is 2.36. The molecule has 0 saturated heterocycles. The number of hydrogen-bond donors (Lipinski definition) is 1. The van der Waals surface area contributed by atoms with Gasteiger partial charge in [0, 0.05) is 37.3 Å². The Labute approximate surface area is 256 Å². The van der Waals surface area contributed by atoms with Crippen molar-refractivity contribution in [2.24, 2.45) is 0 Å². The van der Waals surface area contributed by atoms with E-state index in [1.165, 1.54) is 52.3 Å². The molecule has 0 saturated carbocycles. The van der Waals surface area contributed by atoms with Gasteiger partial charge in [0.2, 0.25) is 5.91 Å².